The van der Waals surface area contributed by atoms with E-state index in [1.807, 2.05) is 0 Å². The fourth-order valence-corrected chi connectivity index (χ4v) is 2.32. The highest BCUT2D eigenvalue weighted by Gasteiger charge is 2.29. The quantitative estimate of drug-likeness (QED) is 0.761. The molecule has 0 aromatic rings. The summed E-state index contributed by atoms with van der Waals surface area (Å²) in [5.74, 6) is -1.91. The number of carbonyl (C=O) groups excluding carboxylic acids is 2. The van der Waals surface area contributed by atoms with Crippen LogP contribution in [0.25, 0.3) is 0 Å². The van der Waals surface area contributed by atoms with Crippen molar-refractivity contribution in [3.63, 3.8) is 0 Å². The molecule has 0 aliphatic carbocycles. The molecule has 0 bridgehead atoms. The Hall–Kier alpha value is -1.79. The molecule has 0 spiro atoms. The van der Waals surface area contributed by atoms with Crippen molar-refractivity contribution in [2.45, 2.75) is 45.6 Å². The van der Waals surface area contributed by atoms with E-state index in [0.29, 0.717) is 13.1 Å². The van der Waals surface area contributed by atoms with E-state index in [9.17, 15) is 14.4 Å². The molecule has 1 atom stereocenters. The lowest BCUT2D eigenvalue weighted by Gasteiger charge is -2.25. The zero-order chi connectivity index (χ0) is 16.0. The maximum atomic E-state index is 12.1. The monoisotopic (exact) mass is 300 g/mol. The van der Waals surface area contributed by atoms with Crippen molar-refractivity contribution in [2.75, 3.05) is 20.2 Å². The number of esters is 1. The Kier molecular flexibility index (Phi) is 5.99. The van der Waals surface area contributed by atoms with Crippen molar-refractivity contribution in [1.29, 1.82) is 0 Å². The zero-order valence-electron chi connectivity index (χ0n) is 12.8. The van der Waals surface area contributed by atoms with Gasteiger partial charge in [-0.15, -0.1) is 0 Å². The fourth-order valence-electron chi connectivity index (χ4n) is 2.32. The molecule has 1 fully saturated rings. The smallest absolute Gasteiger partial charge is 0.326 e. The summed E-state index contributed by atoms with van der Waals surface area (Å²) in [7, 11) is 1.18. The van der Waals surface area contributed by atoms with Crippen LogP contribution >= 0.6 is 0 Å². The predicted molar refractivity (Wildman–Crippen MR) is 75.8 cm³/mol. The van der Waals surface area contributed by atoms with E-state index in [2.05, 4.69) is 23.9 Å². The van der Waals surface area contributed by atoms with Gasteiger partial charge >= 0.3 is 18.0 Å². The van der Waals surface area contributed by atoms with Crippen molar-refractivity contribution in [3.8, 4) is 0 Å². The molecule has 120 valence electrons. The molecule has 0 aromatic carbocycles. The Morgan fingerprint density at radius 2 is 1.95 bits per heavy atom. The van der Waals surface area contributed by atoms with E-state index in [1.165, 1.54) is 7.11 Å². The molecule has 0 unspecified atom stereocenters. The van der Waals surface area contributed by atoms with Crippen LogP contribution in [0.2, 0.25) is 0 Å². The molecule has 1 heterocycles. The third-order valence-electron chi connectivity index (χ3n) is 3.82. The average Bonchev–Trinajstić information content (AvgIpc) is 2.58. The molecule has 1 aliphatic rings. The summed E-state index contributed by atoms with van der Waals surface area (Å²) >= 11 is 0. The van der Waals surface area contributed by atoms with Crippen LogP contribution in [0.1, 0.15) is 39.5 Å². The number of carboxylic acids is 1. The van der Waals surface area contributed by atoms with Crippen LogP contribution in [0.5, 0.6) is 0 Å². The van der Waals surface area contributed by atoms with Gasteiger partial charge in [0.1, 0.15) is 6.04 Å². The third kappa shape index (κ3) is 5.61. The van der Waals surface area contributed by atoms with E-state index >= 15 is 0 Å². The van der Waals surface area contributed by atoms with Gasteiger partial charge in [-0.1, -0.05) is 13.8 Å². The lowest BCUT2D eigenvalue weighted by molar-refractivity contribution is -0.147. The van der Waals surface area contributed by atoms with E-state index in [4.69, 9.17) is 5.11 Å². The Labute approximate surface area is 124 Å². The summed E-state index contributed by atoms with van der Waals surface area (Å²) < 4.78 is 4.44. The van der Waals surface area contributed by atoms with Crippen molar-refractivity contribution < 1.29 is 24.2 Å². The first-order chi connectivity index (χ1) is 9.75. The molecule has 21 heavy (non-hydrogen) atoms. The summed E-state index contributed by atoms with van der Waals surface area (Å²) in [5, 5.41) is 11.5. The first-order valence-electron chi connectivity index (χ1n) is 7.10. The van der Waals surface area contributed by atoms with Crippen molar-refractivity contribution >= 4 is 18.0 Å². The maximum absolute atomic E-state index is 12.1. The molecule has 2 N–H and O–H groups in total. The minimum absolute atomic E-state index is 0.188. The number of methoxy groups -OCH3 is 1. The van der Waals surface area contributed by atoms with Crippen LogP contribution in [-0.4, -0.2) is 54.2 Å². The van der Waals surface area contributed by atoms with Gasteiger partial charge in [0.25, 0.3) is 0 Å². The predicted octanol–water partition coefficient (Wildman–Crippen LogP) is 1.22. The van der Waals surface area contributed by atoms with Crippen molar-refractivity contribution in [3.05, 3.63) is 0 Å². The topological polar surface area (TPSA) is 95.9 Å². The molecule has 1 saturated heterocycles. The van der Waals surface area contributed by atoms with Crippen molar-refractivity contribution in [2.24, 2.45) is 5.41 Å². The van der Waals surface area contributed by atoms with Crippen LogP contribution in [0, 0.1) is 5.41 Å². The van der Waals surface area contributed by atoms with Gasteiger partial charge in [-0.2, -0.15) is 0 Å². The highest BCUT2D eigenvalue weighted by molar-refractivity contribution is 5.86. The minimum atomic E-state index is -1.26. The van der Waals surface area contributed by atoms with Gasteiger partial charge in [0.2, 0.25) is 0 Å². The van der Waals surface area contributed by atoms with Crippen molar-refractivity contribution in [1.82, 2.24) is 10.2 Å². The standard InChI is InChI=1S/C14H24N2O5/c1-14(2)5-4-7-16(8-6-14)13(20)15-10(12(18)19)9-11(17)21-3/h10H,4-9H2,1-3H3,(H,15,20)(H,18,19)/t10-/m0/s1. The highest BCUT2D eigenvalue weighted by atomic mass is 16.5. The first kappa shape index (κ1) is 17.3. The summed E-state index contributed by atoms with van der Waals surface area (Å²) in [6, 6.07) is -1.70. The molecular weight excluding hydrogens is 276 g/mol. The normalized spacial score (nSPS) is 19.3. The molecule has 1 rings (SSSR count). The number of hydrogen-bond donors (Lipinski definition) is 2. The van der Waals surface area contributed by atoms with Crippen LogP contribution < -0.4 is 5.32 Å². The molecule has 7 heteroatoms. The number of nitrogens with zero attached hydrogens (tertiary/aromatic N) is 1. The highest BCUT2D eigenvalue weighted by Crippen LogP contribution is 2.29. The number of nitrogens with one attached hydrogen (secondary N) is 1. The molecule has 7 nitrogen and oxygen atoms in total. The van der Waals surface area contributed by atoms with E-state index in [1.54, 1.807) is 4.90 Å². The number of urea groups is 1. The summed E-state index contributed by atoms with van der Waals surface area (Å²) in [4.78, 5) is 36.0. The summed E-state index contributed by atoms with van der Waals surface area (Å²) in [5.41, 5.74) is 0.188. The molecule has 1 aliphatic heterocycles. The van der Waals surface area contributed by atoms with Gasteiger partial charge in [0, 0.05) is 13.1 Å². The fraction of sp³-hybridized carbons (Fsp3) is 0.786. The number of ether oxygens (including phenoxy) is 1. The maximum Gasteiger partial charge on any atom is 0.326 e. The molecule has 2 amide bonds. The second kappa shape index (κ2) is 7.28. The summed E-state index contributed by atoms with van der Waals surface area (Å²) in [6.45, 7) is 5.50. The van der Waals surface area contributed by atoms with E-state index in [-0.39, 0.29) is 11.8 Å². The van der Waals surface area contributed by atoms with E-state index in [0.717, 1.165) is 19.3 Å². The number of likely N-dealkylation sites (tertiary alicyclic amines) is 1. The molecular formula is C14H24N2O5. The Morgan fingerprint density at radius 1 is 1.29 bits per heavy atom. The third-order valence-corrected chi connectivity index (χ3v) is 3.82. The second-order valence-corrected chi connectivity index (χ2v) is 6.13. The van der Waals surface area contributed by atoms with Gasteiger partial charge in [0.05, 0.1) is 13.5 Å². The van der Waals surface area contributed by atoms with Gasteiger partial charge in [-0.3, -0.25) is 4.79 Å². The largest absolute Gasteiger partial charge is 0.480 e. The number of rotatable bonds is 4. The van der Waals surface area contributed by atoms with Crippen LogP contribution in [0.3, 0.4) is 0 Å². The number of amides is 2. The molecule has 0 radical (unpaired) electrons. The van der Waals surface area contributed by atoms with Gasteiger partial charge in [-0.05, 0) is 24.7 Å². The Bertz CT molecular complexity index is 408. The van der Waals surface area contributed by atoms with Crippen LogP contribution in [-0.2, 0) is 14.3 Å². The number of aliphatic carboxylic acids is 1. The minimum Gasteiger partial charge on any atom is -0.480 e. The average molecular weight is 300 g/mol. The first-order valence-corrected chi connectivity index (χ1v) is 7.10. The number of hydrogen-bond acceptors (Lipinski definition) is 4. The molecule has 0 saturated carbocycles. The van der Waals surface area contributed by atoms with E-state index < -0.39 is 24.0 Å². The zero-order valence-corrected chi connectivity index (χ0v) is 12.8. The SMILES string of the molecule is COC(=O)C[C@H](NC(=O)N1CCCC(C)(C)CC1)C(=O)O. The second-order valence-electron chi connectivity index (χ2n) is 6.13. The van der Waals surface area contributed by atoms with Gasteiger partial charge in [0.15, 0.2) is 0 Å². The van der Waals surface area contributed by atoms with Crippen LogP contribution in [0.15, 0.2) is 0 Å². The number of carboxylic acid groups (broad SMARTS) is 1. The lowest BCUT2D eigenvalue weighted by atomic mass is 9.85. The Balaban J connectivity index is 2.60. The van der Waals surface area contributed by atoms with Gasteiger partial charge in [-0.25, -0.2) is 9.59 Å². The van der Waals surface area contributed by atoms with Gasteiger partial charge < -0.3 is 20.1 Å². The summed E-state index contributed by atoms with van der Waals surface area (Å²) in [6.07, 6.45) is 2.41. The molecule has 0 aromatic heterocycles. The van der Waals surface area contributed by atoms with Crippen LogP contribution in [0.4, 0.5) is 4.79 Å². The Morgan fingerprint density at radius 3 is 2.52 bits per heavy atom. The number of carbonyl (C=O) groups is 3. The lowest BCUT2D eigenvalue weighted by Crippen LogP contribution is -2.49.